The molecular formula is C21H29Cl2N3O. The minimum absolute atomic E-state index is 0. The molecule has 1 amide bonds. The van der Waals surface area contributed by atoms with E-state index in [2.05, 4.69) is 30.1 Å². The summed E-state index contributed by atoms with van der Waals surface area (Å²) < 4.78 is 0. The molecular weight excluding hydrogens is 381 g/mol. The van der Waals surface area contributed by atoms with Gasteiger partial charge in [-0.25, -0.2) is 0 Å². The van der Waals surface area contributed by atoms with Crippen LogP contribution in [-0.4, -0.2) is 17.4 Å². The van der Waals surface area contributed by atoms with E-state index in [0.29, 0.717) is 17.2 Å². The number of carbonyl (C=O) groups excluding carboxylic acids is 1. The summed E-state index contributed by atoms with van der Waals surface area (Å²) in [5, 5.41) is 3.09. The highest BCUT2D eigenvalue weighted by atomic mass is 35.5. The zero-order chi connectivity index (χ0) is 18.0. The lowest BCUT2D eigenvalue weighted by Crippen LogP contribution is -2.19. The van der Waals surface area contributed by atoms with Gasteiger partial charge in [-0.3, -0.25) is 9.69 Å². The normalized spacial score (nSPS) is 12.9. The van der Waals surface area contributed by atoms with E-state index in [0.717, 1.165) is 30.9 Å². The molecule has 0 aromatic heterocycles. The molecule has 2 aromatic rings. The van der Waals surface area contributed by atoms with Crippen molar-refractivity contribution in [1.29, 1.82) is 0 Å². The number of hydrogen-bond acceptors (Lipinski definition) is 3. The van der Waals surface area contributed by atoms with E-state index in [1.54, 1.807) is 6.07 Å². The first-order valence-corrected chi connectivity index (χ1v) is 8.94. The summed E-state index contributed by atoms with van der Waals surface area (Å²) in [6.07, 6.45) is 1.19. The first-order chi connectivity index (χ1) is 11.9. The molecule has 27 heavy (non-hydrogen) atoms. The summed E-state index contributed by atoms with van der Waals surface area (Å²) >= 11 is 0. The average Bonchev–Trinajstić information content (AvgIpc) is 2.99. The van der Waals surface area contributed by atoms with E-state index in [9.17, 15) is 4.79 Å². The van der Waals surface area contributed by atoms with Gasteiger partial charge >= 0.3 is 0 Å². The number of anilines is 2. The maximum Gasteiger partial charge on any atom is 0.256 e. The van der Waals surface area contributed by atoms with Crippen molar-refractivity contribution < 1.29 is 4.79 Å². The van der Waals surface area contributed by atoms with E-state index in [1.807, 2.05) is 31.2 Å². The second-order valence-electron chi connectivity index (χ2n) is 7.36. The van der Waals surface area contributed by atoms with Crippen LogP contribution in [0.15, 0.2) is 36.4 Å². The fourth-order valence-electron chi connectivity index (χ4n) is 3.28. The zero-order valence-electron chi connectivity index (χ0n) is 16.1. The van der Waals surface area contributed by atoms with Gasteiger partial charge in [-0.05, 0) is 60.7 Å². The Balaban J connectivity index is 0.00000182. The van der Waals surface area contributed by atoms with E-state index >= 15 is 0 Å². The Morgan fingerprint density at radius 3 is 2.63 bits per heavy atom. The predicted octanol–water partition coefficient (Wildman–Crippen LogP) is 5.03. The summed E-state index contributed by atoms with van der Waals surface area (Å²) in [6.45, 7) is 9.38. The zero-order valence-corrected chi connectivity index (χ0v) is 17.8. The highest BCUT2D eigenvalue weighted by Crippen LogP contribution is 2.30. The Labute approximate surface area is 174 Å². The number of nitrogens with two attached hydrogens (primary N) is 1. The van der Waals surface area contributed by atoms with Crippen LogP contribution < -0.4 is 11.1 Å². The van der Waals surface area contributed by atoms with Gasteiger partial charge in [-0.15, -0.1) is 24.8 Å². The third-order valence-electron chi connectivity index (χ3n) is 4.83. The van der Waals surface area contributed by atoms with Crippen LogP contribution >= 0.6 is 24.8 Å². The number of fused-ring (bicyclic) bond motifs is 1. The molecule has 0 unspecified atom stereocenters. The van der Waals surface area contributed by atoms with Crippen molar-refractivity contribution in [2.75, 3.05) is 17.6 Å². The summed E-state index contributed by atoms with van der Waals surface area (Å²) in [6, 6.07) is 11.6. The molecule has 0 saturated heterocycles. The molecule has 4 nitrogen and oxygen atoms in total. The van der Waals surface area contributed by atoms with Gasteiger partial charge in [-0.1, -0.05) is 32.0 Å². The fourth-order valence-corrected chi connectivity index (χ4v) is 3.28. The molecule has 0 aliphatic carbocycles. The molecule has 148 valence electrons. The Morgan fingerprint density at radius 1 is 1.19 bits per heavy atom. The second-order valence-corrected chi connectivity index (χ2v) is 7.36. The van der Waals surface area contributed by atoms with Crippen molar-refractivity contribution in [1.82, 2.24) is 4.90 Å². The molecule has 0 radical (unpaired) electrons. The van der Waals surface area contributed by atoms with Crippen LogP contribution in [0.2, 0.25) is 0 Å². The monoisotopic (exact) mass is 409 g/mol. The molecule has 6 heteroatoms. The Morgan fingerprint density at radius 2 is 1.93 bits per heavy atom. The molecule has 0 spiro atoms. The van der Waals surface area contributed by atoms with E-state index in [4.69, 9.17) is 5.73 Å². The molecule has 1 heterocycles. The van der Waals surface area contributed by atoms with Crippen LogP contribution in [-0.2, 0) is 13.1 Å². The van der Waals surface area contributed by atoms with Gasteiger partial charge in [0.05, 0.1) is 0 Å². The molecule has 2 aromatic carbocycles. The van der Waals surface area contributed by atoms with Crippen molar-refractivity contribution >= 4 is 42.1 Å². The SMILES string of the molecule is Cc1ccc(N)cc1C(=O)Nc1cccc2c1CN(CCC(C)C)C2.Cl.Cl. The highest BCUT2D eigenvalue weighted by molar-refractivity contribution is 6.06. The number of benzene rings is 2. The van der Waals surface area contributed by atoms with Crippen molar-refractivity contribution in [3.63, 3.8) is 0 Å². The van der Waals surface area contributed by atoms with Crippen molar-refractivity contribution in [2.45, 2.75) is 40.3 Å². The lowest BCUT2D eigenvalue weighted by atomic mass is 10.1. The lowest BCUT2D eigenvalue weighted by molar-refractivity contribution is 0.102. The predicted molar refractivity (Wildman–Crippen MR) is 118 cm³/mol. The lowest BCUT2D eigenvalue weighted by Gasteiger charge is -2.16. The number of nitrogen functional groups attached to an aromatic ring is 1. The number of nitrogens with zero attached hydrogens (tertiary/aromatic N) is 1. The number of halogens is 2. The van der Waals surface area contributed by atoms with Gasteiger partial charge in [0, 0.05) is 30.0 Å². The Hall–Kier alpha value is -1.75. The second kappa shape index (κ2) is 9.98. The van der Waals surface area contributed by atoms with E-state index in [1.165, 1.54) is 17.5 Å². The summed E-state index contributed by atoms with van der Waals surface area (Å²) in [5.41, 5.74) is 11.5. The molecule has 1 aliphatic rings. The van der Waals surface area contributed by atoms with E-state index < -0.39 is 0 Å². The minimum Gasteiger partial charge on any atom is -0.399 e. The molecule has 0 fully saturated rings. The smallest absolute Gasteiger partial charge is 0.256 e. The van der Waals surface area contributed by atoms with Gasteiger partial charge in [0.2, 0.25) is 0 Å². The average molecular weight is 410 g/mol. The van der Waals surface area contributed by atoms with Crippen molar-refractivity contribution in [3.8, 4) is 0 Å². The third-order valence-corrected chi connectivity index (χ3v) is 4.83. The number of hydrogen-bond donors (Lipinski definition) is 2. The summed E-state index contributed by atoms with van der Waals surface area (Å²) in [7, 11) is 0. The molecule has 1 aliphatic heterocycles. The molecule has 3 rings (SSSR count). The highest BCUT2D eigenvalue weighted by Gasteiger charge is 2.22. The van der Waals surface area contributed by atoms with Gasteiger partial charge < -0.3 is 11.1 Å². The number of rotatable bonds is 5. The van der Waals surface area contributed by atoms with Gasteiger partial charge in [-0.2, -0.15) is 0 Å². The van der Waals surface area contributed by atoms with Gasteiger partial charge in [0.1, 0.15) is 0 Å². The van der Waals surface area contributed by atoms with Crippen LogP contribution in [0.4, 0.5) is 11.4 Å². The number of carbonyl (C=O) groups is 1. The topological polar surface area (TPSA) is 58.4 Å². The minimum atomic E-state index is -0.0983. The number of amides is 1. The standard InChI is InChI=1S/C21H27N3O.2ClH/c1-14(2)9-10-24-12-16-5-4-6-20(19(16)13-24)23-21(25)18-11-17(22)8-7-15(18)3;;/h4-8,11,14H,9-10,12-13,22H2,1-3H3,(H,23,25);2*1H. The molecule has 0 saturated carbocycles. The number of aryl methyl sites for hydroxylation is 1. The number of nitrogens with one attached hydrogen (secondary N) is 1. The molecule has 0 atom stereocenters. The largest absolute Gasteiger partial charge is 0.399 e. The first kappa shape index (κ1) is 23.3. The van der Waals surface area contributed by atoms with Crippen LogP contribution in [0.3, 0.4) is 0 Å². The van der Waals surface area contributed by atoms with Gasteiger partial charge in [0.25, 0.3) is 5.91 Å². The quantitative estimate of drug-likeness (QED) is 0.680. The molecule has 3 N–H and O–H groups in total. The van der Waals surface area contributed by atoms with Gasteiger partial charge in [0.15, 0.2) is 0 Å². The van der Waals surface area contributed by atoms with Crippen molar-refractivity contribution in [3.05, 3.63) is 58.7 Å². The van der Waals surface area contributed by atoms with Crippen molar-refractivity contribution in [2.24, 2.45) is 5.92 Å². The summed E-state index contributed by atoms with van der Waals surface area (Å²) in [5.74, 6) is 0.605. The summed E-state index contributed by atoms with van der Waals surface area (Å²) in [4.78, 5) is 15.2. The van der Waals surface area contributed by atoms with Crippen LogP contribution in [0.1, 0.15) is 47.3 Å². The van der Waals surface area contributed by atoms with E-state index in [-0.39, 0.29) is 30.7 Å². The Bertz CT molecular complexity index is 793. The fraction of sp³-hybridized carbons (Fsp3) is 0.381. The maximum absolute atomic E-state index is 12.7. The maximum atomic E-state index is 12.7. The first-order valence-electron chi connectivity index (χ1n) is 8.94. The van der Waals surface area contributed by atoms with Crippen LogP contribution in [0.5, 0.6) is 0 Å². The molecule has 0 bridgehead atoms. The van der Waals surface area contributed by atoms with Crippen LogP contribution in [0.25, 0.3) is 0 Å². The Kier molecular flexibility index (Phi) is 8.60. The third kappa shape index (κ3) is 5.61. The van der Waals surface area contributed by atoms with Crippen LogP contribution in [0, 0.1) is 12.8 Å².